The quantitative estimate of drug-likeness (QED) is 0.861. The van der Waals surface area contributed by atoms with E-state index in [2.05, 4.69) is 34.2 Å². The predicted molar refractivity (Wildman–Crippen MR) is 81.6 cm³/mol. The third kappa shape index (κ3) is 4.02. The largest absolute Gasteiger partial charge is 0.309 e. The fourth-order valence-corrected chi connectivity index (χ4v) is 3.63. The Morgan fingerprint density at radius 3 is 2.47 bits per heavy atom. The first kappa shape index (κ1) is 13.6. The number of nitrogens with one attached hydrogen (secondary N) is 1. The molecule has 0 spiro atoms. The molecule has 0 amide bonds. The molecule has 106 valence electrons. The second kappa shape index (κ2) is 6.35. The van der Waals surface area contributed by atoms with Crippen molar-refractivity contribution in [3.63, 3.8) is 0 Å². The van der Waals surface area contributed by atoms with Crippen LogP contribution in [-0.4, -0.2) is 48.6 Å². The number of thiophene rings is 1. The maximum atomic E-state index is 3.59. The summed E-state index contributed by atoms with van der Waals surface area (Å²) in [4.78, 5) is 8.15. The van der Waals surface area contributed by atoms with Crippen molar-refractivity contribution in [2.75, 3.05) is 32.7 Å². The average Bonchev–Trinajstić information content (AvgIpc) is 3.17. The van der Waals surface area contributed by atoms with Gasteiger partial charge in [-0.2, -0.15) is 0 Å². The van der Waals surface area contributed by atoms with Crippen molar-refractivity contribution in [2.24, 2.45) is 0 Å². The lowest BCUT2D eigenvalue weighted by molar-refractivity contribution is 0.133. The molecule has 0 bridgehead atoms. The zero-order chi connectivity index (χ0) is 13.1. The molecule has 1 aromatic heterocycles. The molecule has 1 N–H and O–H groups in total. The summed E-state index contributed by atoms with van der Waals surface area (Å²) in [5.74, 6) is 0. The Morgan fingerprint density at radius 2 is 1.79 bits per heavy atom. The Hall–Kier alpha value is -0.420. The monoisotopic (exact) mass is 279 g/mol. The minimum atomic E-state index is 0.813. The van der Waals surface area contributed by atoms with Gasteiger partial charge in [-0.1, -0.05) is 6.92 Å². The van der Waals surface area contributed by atoms with Crippen molar-refractivity contribution in [3.8, 4) is 0 Å². The van der Waals surface area contributed by atoms with Crippen molar-refractivity contribution in [2.45, 2.75) is 38.9 Å². The highest BCUT2D eigenvalue weighted by Crippen LogP contribution is 2.22. The average molecular weight is 279 g/mol. The lowest BCUT2D eigenvalue weighted by Gasteiger charge is -2.33. The van der Waals surface area contributed by atoms with Gasteiger partial charge in [-0.3, -0.25) is 4.90 Å². The van der Waals surface area contributed by atoms with Crippen LogP contribution < -0.4 is 5.32 Å². The van der Waals surface area contributed by atoms with Crippen molar-refractivity contribution >= 4 is 11.3 Å². The molecule has 0 atom stereocenters. The minimum absolute atomic E-state index is 0.813. The van der Waals surface area contributed by atoms with Crippen molar-refractivity contribution in [1.29, 1.82) is 0 Å². The third-order valence-corrected chi connectivity index (χ3v) is 5.22. The Labute approximate surface area is 120 Å². The van der Waals surface area contributed by atoms with Crippen LogP contribution >= 0.6 is 11.3 Å². The van der Waals surface area contributed by atoms with Gasteiger partial charge in [0.1, 0.15) is 0 Å². The van der Waals surface area contributed by atoms with Crippen LogP contribution in [0.15, 0.2) is 12.1 Å². The zero-order valence-corrected chi connectivity index (χ0v) is 12.7. The highest BCUT2D eigenvalue weighted by molar-refractivity contribution is 7.11. The van der Waals surface area contributed by atoms with Crippen LogP contribution in [-0.2, 0) is 13.1 Å². The van der Waals surface area contributed by atoms with Crippen molar-refractivity contribution < 1.29 is 0 Å². The maximum absolute atomic E-state index is 3.59. The van der Waals surface area contributed by atoms with Gasteiger partial charge in [0, 0.05) is 55.1 Å². The minimum Gasteiger partial charge on any atom is -0.309 e. The van der Waals surface area contributed by atoms with E-state index in [9.17, 15) is 0 Å². The first-order valence-electron chi connectivity index (χ1n) is 7.59. The molecule has 0 unspecified atom stereocenters. The lowest BCUT2D eigenvalue weighted by Crippen LogP contribution is -2.45. The second-order valence-corrected chi connectivity index (χ2v) is 6.99. The molecule has 0 aromatic carbocycles. The molecule has 0 radical (unpaired) electrons. The molecule has 19 heavy (non-hydrogen) atoms. The summed E-state index contributed by atoms with van der Waals surface area (Å²) in [6.45, 7) is 10.6. The fourth-order valence-electron chi connectivity index (χ4n) is 2.62. The normalized spacial score (nSPS) is 21.9. The van der Waals surface area contributed by atoms with Gasteiger partial charge >= 0.3 is 0 Å². The summed E-state index contributed by atoms with van der Waals surface area (Å²) < 4.78 is 0. The molecular formula is C15H25N3S. The molecule has 1 aromatic rings. The molecule has 3 nitrogen and oxygen atoms in total. The number of piperazine rings is 1. The molecule has 1 aliphatic heterocycles. The zero-order valence-electron chi connectivity index (χ0n) is 11.9. The molecule has 2 heterocycles. The summed E-state index contributed by atoms with van der Waals surface area (Å²) in [6, 6.07) is 5.44. The van der Waals surface area contributed by atoms with E-state index >= 15 is 0 Å². The lowest BCUT2D eigenvalue weighted by atomic mass is 10.3. The van der Waals surface area contributed by atoms with Crippen molar-refractivity contribution in [1.82, 2.24) is 15.1 Å². The van der Waals surface area contributed by atoms with Crippen LogP contribution in [0.5, 0.6) is 0 Å². The van der Waals surface area contributed by atoms with Crippen LogP contribution in [0.2, 0.25) is 0 Å². The Balaban J connectivity index is 1.44. The molecule has 1 saturated heterocycles. The first-order chi connectivity index (χ1) is 9.33. The smallest absolute Gasteiger partial charge is 0.0329 e. The summed E-state index contributed by atoms with van der Waals surface area (Å²) in [5.41, 5.74) is 0. The Morgan fingerprint density at radius 1 is 1.11 bits per heavy atom. The molecule has 1 saturated carbocycles. The number of rotatable bonds is 6. The molecule has 1 aliphatic carbocycles. The van der Waals surface area contributed by atoms with Gasteiger partial charge in [0.05, 0.1) is 0 Å². The molecular weight excluding hydrogens is 254 g/mol. The van der Waals surface area contributed by atoms with Gasteiger partial charge in [0.25, 0.3) is 0 Å². The summed E-state index contributed by atoms with van der Waals surface area (Å²) in [6.07, 6.45) is 2.75. The van der Waals surface area contributed by atoms with E-state index in [1.165, 1.54) is 55.3 Å². The van der Waals surface area contributed by atoms with Crippen LogP contribution in [0, 0.1) is 0 Å². The molecule has 2 fully saturated rings. The van der Waals surface area contributed by atoms with E-state index < -0.39 is 0 Å². The molecule has 4 heteroatoms. The summed E-state index contributed by atoms with van der Waals surface area (Å²) >= 11 is 1.99. The van der Waals surface area contributed by atoms with E-state index in [1.807, 2.05) is 11.3 Å². The molecule has 2 aliphatic rings. The fraction of sp³-hybridized carbons (Fsp3) is 0.733. The third-order valence-electron chi connectivity index (χ3n) is 4.15. The van der Waals surface area contributed by atoms with Crippen LogP contribution in [0.25, 0.3) is 0 Å². The highest BCUT2D eigenvalue weighted by Gasteiger charge is 2.20. The number of hydrogen-bond donors (Lipinski definition) is 1. The van der Waals surface area contributed by atoms with Gasteiger partial charge in [0.15, 0.2) is 0 Å². The van der Waals surface area contributed by atoms with Gasteiger partial charge in [-0.15, -0.1) is 11.3 Å². The maximum Gasteiger partial charge on any atom is 0.0329 e. The predicted octanol–water partition coefficient (Wildman–Crippen LogP) is 2.14. The molecule has 3 rings (SSSR count). The van der Waals surface area contributed by atoms with Gasteiger partial charge in [0.2, 0.25) is 0 Å². The van der Waals surface area contributed by atoms with Gasteiger partial charge in [-0.25, -0.2) is 0 Å². The number of likely N-dealkylation sites (N-methyl/N-ethyl adjacent to an activating group) is 1. The summed E-state index contributed by atoms with van der Waals surface area (Å²) in [7, 11) is 0. The van der Waals surface area contributed by atoms with E-state index in [1.54, 1.807) is 0 Å². The SMILES string of the molecule is CCN1CCN(Cc2ccc(CNC3CC3)s2)CC1. The Kier molecular flexibility index (Phi) is 4.53. The number of nitrogens with zero attached hydrogens (tertiary/aromatic N) is 2. The topological polar surface area (TPSA) is 18.5 Å². The van der Waals surface area contributed by atoms with Crippen LogP contribution in [0.1, 0.15) is 29.5 Å². The van der Waals surface area contributed by atoms with E-state index in [0.717, 1.165) is 19.1 Å². The van der Waals surface area contributed by atoms with Gasteiger partial charge in [-0.05, 0) is 31.5 Å². The second-order valence-electron chi connectivity index (χ2n) is 5.73. The Bertz CT molecular complexity index is 392. The number of hydrogen-bond acceptors (Lipinski definition) is 4. The van der Waals surface area contributed by atoms with E-state index in [0.29, 0.717) is 0 Å². The first-order valence-corrected chi connectivity index (χ1v) is 8.41. The van der Waals surface area contributed by atoms with Crippen molar-refractivity contribution in [3.05, 3.63) is 21.9 Å². The highest BCUT2D eigenvalue weighted by atomic mass is 32.1. The van der Waals surface area contributed by atoms with E-state index in [-0.39, 0.29) is 0 Å². The summed E-state index contributed by atoms with van der Waals surface area (Å²) in [5, 5.41) is 3.59. The van der Waals surface area contributed by atoms with Crippen LogP contribution in [0.4, 0.5) is 0 Å². The van der Waals surface area contributed by atoms with E-state index in [4.69, 9.17) is 0 Å². The standard InChI is InChI=1S/C15H25N3S/c1-2-17-7-9-18(10-8-17)12-15-6-5-14(19-15)11-16-13-3-4-13/h5-6,13,16H,2-4,7-12H2,1H3. The van der Waals surface area contributed by atoms with Crippen LogP contribution in [0.3, 0.4) is 0 Å². The van der Waals surface area contributed by atoms with Gasteiger partial charge < -0.3 is 10.2 Å².